The SMILES string of the molecule is O=C(O)C1CC(O)CN1C(=O)NCCC1CCC1. The van der Waals surface area contributed by atoms with Crippen molar-refractivity contribution in [2.75, 3.05) is 13.1 Å². The molecule has 2 fully saturated rings. The van der Waals surface area contributed by atoms with Crippen molar-refractivity contribution in [3.05, 3.63) is 0 Å². The van der Waals surface area contributed by atoms with Crippen molar-refractivity contribution in [3.63, 3.8) is 0 Å². The Hall–Kier alpha value is -1.30. The zero-order valence-electron chi connectivity index (χ0n) is 10.3. The Labute approximate surface area is 106 Å². The smallest absolute Gasteiger partial charge is 0.326 e. The van der Waals surface area contributed by atoms with Crippen molar-refractivity contribution in [2.45, 2.75) is 44.2 Å². The van der Waals surface area contributed by atoms with Crippen molar-refractivity contribution in [2.24, 2.45) is 5.92 Å². The van der Waals surface area contributed by atoms with Crippen LogP contribution < -0.4 is 5.32 Å². The molecule has 3 N–H and O–H groups in total. The highest BCUT2D eigenvalue weighted by atomic mass is 16.4. The van der Waals surface area contributed by atoms with Crippen LogP contribution in [0, 0.1) is 5.92 Å². The number of nitrogens with zero attached hydrogens (tertiary/aromatic N) is 1. The number of likely N-dealkylation sites (tertiary alicyclic amines) is 1. The number of aliphatic hydroxyl groups excluding tert-OH is 1. The molecule has 102 valence electrons. The van der Waals surface area contributed by atoms with Gasteiger partial charge >= 0.3 is 12.0 Å². The lowest BCUT2D eigenvalue weighted by molar-refractivity contribution is -0.141. The highest BCUT2D eigenvalue weighted by Gasteiger charge is 2.38. The molecular weight excluding hydrogens is 236 g/mol. The van der Waals surface area contributed by atoms with Gasteiger partial charge in [-0.25, -0.2) is 9.59 Å². The van der Waals surface area contributed by atoms with Crippen LogP contribution >= 0.6 is 0 Å². The van der Waals surface area contributed by atoms with Crippen molar-refractivity contribution >= 4 is 12.0 Å². The number of aliphatic hydroxyl groups is 1. The highest BCUT2D eigenvalue weighted by Crippen LogP contribution is 2.28. The average Bonchev–Trinajstić information content (AvgIpc) is 2.64. The highest BCUT2D eigenvalue weighted by molar-refractivity contribution is 5.83. The van der Waals surface area contributed by atoms with E-state index in [0.29, 0.717) is 12.5 Å². The van der Waals surface area contributed by atoms with Crippen molar-refractivity contribution in [3.8, 4) is 0 Å². The molecule has 1 saturated heterocycles. The van der Waals surface area contributed by atoms with E-state index >= 15 is 0 Å². The van der Waals surface area contributed by atoms with Crippen molar-refractivity contribution < 1.29 is 19.8 Å². The number of hydrogen-bond acceptors (Lipinski definition) is 3. The number of carboxylic acid groups (broad SMARTS) is 1. The molecule has 1 heterocycles. The van der Waals surface area contributed by atoms with Gasteiger partial charge in [-0.3, -0.25) is 0 Å². The molecule has 6 heteroatoms. The van der Waals surface area contributed by atoms with Gasteiger partial charge in [0, 0.05) is 19.5 Å². The maximum Gasteiger partial charge on any atom is 0.326 e. The number of aliphatic carboxylic acids is 1. The first kappa shape index (κ1) is 13.1. The summed E-state index contributed by atoms with van der Waals surface area (Å²) in [5.74, 6) is -0.342. The molecule has 2 rings (SSSR count). The van der Waals surface area contributed by atoms with Gasteiger partial charge in [-0.1, -0.05) is 19.3 Å². The third-order valence-electron chi connectivity index (χ3n) is 3.88. The van der Waals surface area contributed by atoms with E-state index in [-0.39, 0.29) is 19.0 Å². The number of carbonyl (C=O) groups excluding carboxylic acids is 1. The number of carbonyl (C=O) groups is 2. The molecule has 1 aliphatic heterocycles. The van der Waals surface area contributed by atoms with Crippen LogP contribution in [0.2, 0.25) is 0 Å². The van der Waals surface area contributed by atoms with E-state index in [1.165, 1.54) is 24.2 Å². The number of hydrogen-bond donors (Lipinski definition) is 3. The summed E-state index contributed by atoms with van der Waals surface area (Å²) in [4.78, 5) is 24.0. The molecule has 1 aliphatic carbocycles. The average molecular weight is 256 g/mol. The van der Waals surface area contributed by atoms with Gasteiger partial charge < -0.3 is 20.4 Å². The fourth-order valence-electron chi connectivity index (χ4n) is 2.54. The summed E-state index contributed by atoms with van der Waals surface area (Å²) in [6, 6.07) is -1.28. The van der Waals surface area contributed by atoms with Crippen molar-refractivity contribution in [1.82, 2.24) is 10.2 Å². The summed E-state index contributed by atoms with van der Waals surface area (Å²) in [6.45, 7) is 0.689. The number of urea groups is 1. The number of carboxylic acids is 1. The lowest BCUT2D eigenvalue weighted by Crippen LogP contribution is -2.46. The van der Waals surface area contributed by atoms with Gasteiger partial charge in [0.05, 0.1) is 6.10 Å². The Morgan fingerprint density at radius 3 is 2.61 bits per heavy atom. The quantitative estimate of drug-likeness (QED) is 0.679. The molecule has 18 heavy (non-hydrogen) atoms. The van der Waals surface area contributed by atoms with E-state index in [2.05, 4.69) is 5.32 Å². The molecule has 0 bridgehead atoms. The van der Waals surface area contributed by atoms with Gasteiger partial charge in [0.2, 0.25) is 0 Å². The molecule has 0 aromatic heterocycles. The molecular formula is C12H20N2O4. The first-order valence-electron chi connectivity index (χ1n) is 6.53. The molecule has 6 nitrogen and oxygen atoms in total. The Kier molecular flexibility index (Phi) is 4.06. The van der Waals surface area contributed by atoms with E-state index in [1.807, 2.05) is 0 Å². The standard InChI is InChI=1S/C12H20N2O4/c15-9-6-10(11(16)17)14(7-9)12(18)13-5-4-8-2-1-3-8/h8-10,15H,1-7H2,(H,13,18)(H,16,17). The third-order valence-corrected chi connectivity index (χ3v) is 3.88. The molecule has 1 saturated carbocycles. The lowest BCUT2D eigenvalue weighted by atomic mass is 9.83. The van der Waals surface area contributed by atoms with E-state index in [4.69, 9.17) is 5.11 Å². The van der Waals surface area contributed by atoms with Crippen LogP contribution in [0.3, 0.4) is 0 Å². The van der Waals surface area contributed by atoms with Crippen LogP contribution in [0.25, 0.3) is 0 Å². The zero-order chi connectivity index (χ0) is 13.1. The molecule has 0 radical (unpaired) electrons. The third kappa shape index (κ3) is 2.93. The van der Waals surface area contributed by atoms with Gasteiger partial charge in [-0.2, -0.15) is 0 Å². The number of amides is 2. The van der Waals surface area contributed by atoms with Gasteiger partial charge in [0.1, 0.15) is 6.04 Å². The minimum atomic E-state index is -1.05. The summed E-state index contributed by atoms with van der Waals surface area (Å²) in [6.07, 6.45) is 4.08. The molecule has 0 aromatic carbocycles. The van der Waals surface area contributed by atoms with Crippen LogP contribution in [0.1, 0.15) is 32.1 Å². The summed E-state index contributed by atoms with van der Waals surface area (Å²) in [7, 11) is 0. The van der Waals surface area contributed by atoms with E-state index in [1.54, 1.807) is 0 Å². The van der Waals surface area contributed by atoms with E-state index < -0.39 is 18.1 Å². The minimum absolute atomic E-state index is 0.103. The maximum absolute atomic E-state index is 11.8. The second kappa shape index (κ2) is 5.56. The minimum Gasteiger partial charge on any atom is -0.480 e. The van der Waals surface area contributed by atoms with Crippen LogP contribution in [0.5, 0.6) is 0 Å². The number of rotatable bonds is 4. The first-order chi connectivity index (χ1) is 8.58. The molecule has 0 spiro atoms. The fourth-order valence-corrected chi connectivity index (χ4v) is 2.54. The maximum atomic E-state index is 11.8. The second-order valence-corrected chi connectivity index (χ2v) is 5.21. The Balaban J connectivity index is 1.77. The Morgan fingerprint density at radius 2 is 2.06 bits per heavy atom. The van der Waals surface area contributed by atoms with E-state index in [0.717, 1.165) is 6.42 Å². The van der Waals surface area contributed by atoms with Crippen LogP contribution in [0.15, 0.2) is 0 Å². The normalized spacial score (nSPS) is 27.9. The lowest BCUT2D eigenvalue weighted by Gasteiger charge is -2.26. The van der Waals surface area contributed by atoms with Gasteiger partial charge in [0.25, 0.3) is 0 Å². The topological polar surface area (TPSA) is 89.9 Å². The van der Waals surface area contributed by atoms with E-state index in [9.17, 15) is 14.7 Å². The summed E-state index contributed by atoms with van der Waals surface area (Å²) >= 11 is 0. The zero-order valence-corrected chi connectivity index (χ0v) is 10.3. The predicted molar refractivity (Wildman–Crippen MR) is 64.1 cm³/mol. The second-order valence-electron chi connectivity index (χ2n) is 5.21. The van der Waals surface area contributed by atoms with Crippen LogP contribution in [-0.4, -0.2) is 52.3 Å². The van der Waals surface area contributed by atoms with Crippen LogP contribution in [-0.2, 0) is 4.79 Å². The van der Waals surface area contributed by atoms with Gasteiger partial charge in [0.15, 0.2) is 0 Å². The summed E-state index contributed by atoms with van der Waals surface area (Å²) in [5, 5.41) is 21.2. The molecule has 0 aromatic rings. The fraction of sp³-hybridized carbons (Fsp3) is 0.833. The van der Waals surface area contributed by atoms with Crippen molar-refractivity contribution in [1.29, 1.82) is 0 Å². The van der Waals surface area contributed by atoms with Crippen LogP contribution in [0.4, 0.5) is 4.79 Å². The Bertz CT molecular complexity index is 330. The summed E-state index contributed by atoms with van der Waals surface area (Å²) in [5.41, 5.74) is 0. The van der Waals surface area contributed by atoms with Gasteiger partial charge in [-0.15, -0.1) is 0 Å². The molecule has 2 atom stereocenters. The molecule has 2 aliphatic rings. The van der Waals surface area contributed by atoms with Gasteiger partial charge in [-0.05, 0) is 12.3 Å². The number of β-amino-alcohol motifs (C(OH)–C–C–N with tert-alkyl or cyclic N) is 1. The Morgan fingerprint density at radius 1 is 1.33 bits per heavy atom. The molecule has 2 unspecified atom stereocenters. The summed E-state index contributed by atoms with van der Waals surface area (Å²) < 4.78 is 0. The predicted octanol–water partition coefficient (Wildman–Crippen LogP) is 0.406. The first-order valence-corrected chi connectivity index (χ1v) is 6.53. The number of nitrogens with one attached hydrogen (secondary N) is 1. The largest absolute Gasteiger partial charge is 0.480 e. The molecule has 2 amide bonds. The monoisotopic (exact) mass is 256 g/mol.